The van der Waals surface area contributed by atoms with Gasteiger partial charge in [-0.3, -0.25) is 14.9 Å². The Balaban J connectivity index is 1.20. The van der Waals surface area contributed by atoms with E-state index in [4.69, 9.17) is 9.47 Å². The predicted molar refractivity (Wildman–Crippen MR) is 173 cm³/mol. The Morgan fingerprint density at radius 1 is 0.867 bits per heavy atom. The molecule has 0 unspecified atom stereocenters. The fourth-order valence-corrected chi connectivity index (χ4v) is 9.00. The van der Waals surface area contributed by atoms with Gasteiger partial charge in [-0.2, -0.15) is 0 Å². The lowest BCUT2D eigenvalue weighted by Gasteiger charge is -2.57. The van der Waals surface area contributed by atoms with E-state index >= 15 is 0 Å². The Morgan fingerprint density at radius 2 is 1.51 bits per heavy atom. The van der Waals surface area contributed by atoms with Gasteiger partial charge < -0.3 is 14.0 Å². The molecule has 4 saturated carbocycles. The highest BCUT2D eigenvalue weighted by Crippen LogP contribution is 2.60. The predicted octanol–water partition coefficient (Wildman–Crippen LogP) is 7.03. The van der Waals surface area contributed by atoms with Crippen LogP contribution in [-0.4, -0.2) is 35.6 Å². The molecule has 5 aliphatic rings. The summed E-state index contributed by atoms with van der Waals surface area (Å²) >= 11 is 0. The summed E-state index contributed by atoms with van der Waals surface area (Å²) < 4.78 is 13.5. The number of imide groups is 2. The lowest BCUT2D eigenvalue weighted by atomic mass is 9.48. The summed E-state index contributed by atoms with van der Waals surface area (Å²) in [6.45, 7) is 8.43. The average Bonchev–Trinajstić information content (AvgIpc) is 3.28. The molecule has 8 heteroatoms. The van der Waals surface area contributed by atoms with E-state index in [1.165, 1.54) is 44.1 Å². The Labute approximate surface area is 264 Å². The van der Waals surface area contributed by atoms with Crippen molar-refractivity contribution in [2.24, 2.45) is 17.8 Å². The van der Waals surface area contributed by atoms with E-state index in [0.717, 1.165) is 45.3 Å². The first-order chi connectivity index (χ1) is 21.7. The Kier molecular flexibility index (Phi) is 7.34. The monoisotopic (exact) mass is 607 g/mol. The van der Waals surface area contributed by atoms with Crippen LogP contribution in [-0.2, 0) is 15.0 Å². The highest BCUT2D eigenvalue weighted by atomic mass is 16.5. The lowest BCUT2D eigenvalue weighted by Crippen LogP contribution is -2.54. The molecule has 1 N–H and O–H groups in total. The molecule has 4 amide bonds. The molecule has 1 aromatic heterocycles. The number of nitrogens with one attached hydrogen (secondary N) is 1. The number of amides is 4. The molecular weight excluding hydrogens is 566 g/mol. The number of urea groups is 1. The first-order valence-electron chi connectivity index (χ1n) is 16.3. The van der Waals surface area contributed by atoms with Gasteiger partial charge in [0.15, 0.2) is 0 Å². The fourth-order valence-electron chi connectivity index (χ4n) is 9.00. The molecule has 2 heterocycles. The molecule has 4 aliphatic carbocycles. The van der Waals surface area contributed by atoms with Crippen LogP contribution >= 0.6 is 0 Å². The summed E-state index contributed by atoms with van der Waals surface area (Å²) in [6.07, 6.45) is 9.84. The van der Waals surface area contributed by atoms with Crippen molar-refractivity contribution in [2.75, 3.05) is 18.1 Å². The number of carbonyl (C=O) groups excluding carboxylic acids is 3. The van der Waals surface area contributed by atoms with Gasteiger partial charge in [-0.15, -0.1) is 0 Å². The van der Waals surface area contributed by atoms with Crippen LogP contribution in [0.1, 0.15) is 74.9 Å². The van der Waals surface area contributed by atoms with Crippen LogP contribution in [0.3, 0.4) is 0 Å². The van der Waals surface area contributed by atoms with Gasteiger partial charge in [0.2, 0.25) is 0 Å². The summed E-state index contributed by atoms with van der Waals surface area (Å²) in [4.78, 5) is 40.8. The molecule has 8 nitrogen and oxygen atoms in total. The third-order valence-electron chi connectivity index (χ3n) is 10.4. The van der Waals surface area contributed by atoms with Crippen LogP contribution in [0, 0.1) is 31.6 Å². The van der Waals surface area contributed by atoms with Crippen LogP contribution in [0.5, 0.6) is 11.5 Å². The maximum absolute atomic E-state index is 13.8. The number of rotatable bonds is 8. The largest absolute Gasteiger partial charge is 0.494 e. The number of aryl methyl sites for hydroxylation is 1. The minimum absolute atomic E-state index is 0.128. The van der Waals surface area contributed by atoms with E-state index in [-0.39, 0.29) is 11.3 Å². The second-order valence-electron chi connectivity index (χ2n) is 13.4. The van der Waals surface area contributed by atoms with Crippen molar-refractivity contribution in [1.82, 2.24) is 9.88 Å². The summed E-state index contributed by atoms with van der Waals surface area (Å²) in [5.74, 6) is 2.06. The van der Waals surface area contributed by atoms with Gasteiger partial charge in [-0.1, -0.05) is 12.1 Å². The topological polar surface area (TPSA) is 89.9 Å². The lowest BCUT2D eigenvalue weighted by molar-refractivity contribution is -0.122. The van der Waals surface area contributed by atoms with Crippen molar-refractivity contribution in [3.05, 3.63) is 76.6 Å². The maximum atomic E-state index is 13.8. The Morgan fingerprint density at radius 3 is 2.13 bits per heavy atom. The second kappa shape index (κ2) is 11.2. The molecule has 8 rings (SSSR count). The van der Waals surface area contributed by atoms with Gasteiger partial charge >= 0.3 is 6.03 Å². The number of carbonyl (C=O) groups is 3. The number of hydrogen-bond acceptors (Lipinski definition) is 5. The number of barbiturate groups is 1. The second-order valence-corrected chi connectivity index (χ2v) is 13.4. The molecule has 4 bridgehead atoms. The molecule has 45 heavy (non-hydrogen) atoms. The summed E-state index contributed by atoms with van der Waals surface area (Å²) in [6, 6.07) is 15.2. The molecule has 3 aromatic rings. The van der Waals surface area contributed by atoms with E-state index in [1.807, 2.05) is 33.8 Å². The molecule has 1 aliphatic heterocycles. The molecule has 2 aromatic carbocycles. The first-order valence-corrected chi connectivity index (χ1v) is 16.3. The van der Waals surface area contributed by atoms with Crippen LogP contribution in [0.4, 0.5) is 10.5 Å². The number of benzene rings is 2. The normalized spacial score (nSPS) is 26.5. The van der Waals surface area contributed by atoms with Crippen LogP contribution < -0.4 is 19.7 Å². The summed E-state index contributed by atoms with van der Waals surface area (Å²) in [7, 11) is 0. The number of ether oxygens (including phenoxy) is 2. The van der Waals surface area contributed by atoms with Crippen molar-refractivity contribution in [2.45, 2.75) is 71.6 Å². The number of nitrogens with zero attached hydrogens (tertiary/aromatic N) is 2. The van der Waals surface area contributed by atoms with Gasteiger partial charge in [0.1, 0.15) is 17.1 Å². The molecule has 5 fully saturated rings. The smallest absolute Gasteiger partial charge is 0.336 e. The SMILES string of the molecule is CCOc1ccc(OCC)c(N2C(=O)NC(=O)/C(=C\c3cc(C)n(-c4ccc(C56CC7CC(CC(C7)C5)C6)cc4)c3C)C2=O)c1. The van der Waals surface area contributed by atoms with Crippen LogP contribution in [0.25, 0.3) is 11.8 Å². The van der Waals surface area contributed by atoms with Crippen molar-refractivity contribution < 1.29 is 23.9 Å². The first kappa shape index (κ1) is 29.4. The molecule has 0 atom stereocenters. The zero-order valence-corrected chi connectivity index (χ0v) is 26.5. The fraction of sp³-hybridized carbons (Fsp3) is 0.432. The highest BCUT2D eigenvalue weighted by Gasteiger charge is 2.51. The number of aromatic nitrogens is 1. The third-order valence-corrected chi connectivity index (χ3v) is 10.4. The Hall–Kier alpha value is -4.33. The zero-order valence-electron chi connectivity index (χ0n) is 26.5. The molecule has 0 spiro atoms. The number of hydrogen-bond donors (Lipinski definition) is 1. The standard InChI is InChI=1S/C37H41N3O5/c1-5-44-30-11-12-33(45-6-2)32(18-30)40-35(42)31(34(41)38-36(40)43)17-27-13-22(3)39(23(27)4)29-9-7-28(8-10-29)37-19-24-14-25(20-37)16-26(15-24)21-37/h7-13,17-18,24-26H,5-6,14-16,19-21H2,1-4H3,(H,38,41,43)/b31-17+. The summed E-state index contributed by atoms with van der Waals surface area (Å²) in [5, 5.41) is 2.34. The van der Waals surface area contributed by atoms with E-state index in [0.29, 0.717) is 30.1 Å². The minimum atomic E-state index is -0.832. The van der Waals surface area contributed by atoms with Crippen molar-refractivity contribution in [3.63, 3.8) is 0 Å². The maximum Gasteiger partial charge on any atom is 0.336 e. The van der Waals surface area contributed by atoms with E-state index in [2.05, 4.69) is 34.1 Å². The zero-order chi connectivity index (χ0) is 31.5. The minimum Gasteiger partial charge on any atom is -0.494 e. The molecule has 0 radical (unpaired) electrons. The highest BCUT2D eigenvalue weighted by molar-refractivity contribution is 6.39. The Bertz CT molecular complexity index is 1680. The number of anilines is 1. The van der Waals surface area contributed by atoms with Gasteiger partial charge in [0.05, 0.1) is 18.9 Å². The van der Waals surface area contributed by atoms with Crippen molar-refractivity contribution in [3.8, 4) is 17.2 Å². The third kappa shape index (κ3) is 5.04. The van der Waals surface area contributed by atoms with Gasteiger partial charge in [-0.25, -0.2) is 9.69 Å². The van der Waals surface area contributed by atoms with Gasteiger partial charge in [-0.05, 0) is 137 Å². The molecule has 1 saturated heterocycles. The van der Waals surface area contributed by atoms with Crippen molar-refractivity contribution in [1.29, 1.82) is 0 Å². The van der Waals surface area contributed by atoms with Gasteiger partial charge in [0.25, 0.3) is 11.8 Å². The molecule has 234 valence electrons. The molecular formula is C37H41N3O5. The van der Waals surface area contributed by atoms with Crippen LogP contribution in [0.15, 0.2) is 54.1 Å². The van der Waals surface area contributed by atoms with Gasteiger partial charge in [0, 0.05) is 23.1 Å². The average molecular weight is 608 g/mol. The van der Waals surface area contributed by atoms with E-state index < -0.39 is 17.8 Å². The quantitative estimate of drug-likeness (QED) is 0.220. The van der Waals surface area contributed by atoms with E-state index in [9.17, 15) is 14.4 Å². The van der Waals surface area contributed by atoms with Crippen LogP contribution in [0.2, 0.25) is 0 Å². The van der Waals surface area contributed by atoms with Crippen molar-refractivity contribution >= 4 is 29.6 Å². The van der Waals surface area contributed by atoms with E-state index in [1.54, 1.807) is 24.3 Å². The summed E-state index contributed by atoms with van der Waals surface area (Å²) in [5.41, 5.74) is 5.58.